The maximum absolute atomic E-state index is 9.58. The number of thiazole rings is 1. The van der Waals surface area contributed by atoms with Crippen LogP contribution < -0.4 is 4.74 Å². The molecule has 32 heavy (non-hydrogen) atoms. The van der Waals surface area contributed by atoms with E-state index in [2.05, 4.69) is 54.6 Å². The Morgan fingerprint density at radius 1 is 1.03 bits per heavy atom. The molecule has 0 spiro atoms. The first kappa shape index (κ1) is 21.1. The smallest absolute Gasteiger partial charge is 0.144 e. The monoisotopic (exact) mass is 446 g/mol. The lowest BCUT2D eigenvalue weighted by Gasteiger charge is -2.15. The van der Waals surface area contributed by atoms with Crippen molar-refractivity contribution >= 4 is 21.7 Å². The Hall–Kier alpha value is -2.80. The van der Waals surface area contributed by atoms with Gasteiger partial charge in [-0.1, -0.05) is 41.7 Å². The minimum absolute atomic E-state index is 0.0465. The van der Waals surface area contributed by atoms with Crippen LogP contribution >= 0.6 is 11.3 Å². The first-order chi connectivity index (χ1) is 15.5. The summed E-state index contributed by atoms with van der Waals surface area (Å²) in [5.74, 6) is 0.737. The highest BCUT2D eigenvalue weighted by Crippen LogP contribution is 2.53. The number of aromatic nitrogens is 2. The summed E-state index contributed by atoms with van der Waals surface area (Å²) in [6.07, 6.45) is 1.38. The lowest BCUT2D eigenvalue weighted by atomic mass is 9.92. The molecule has 0 unspecified atom stereocenters. The SMILES string of the molecule is Cc1cc(-c2nc3ccc(C4(c5ccccc5)CC4)nc3s2)cc(C)c1OC[C@H](O)CO. The molecule has 1 saturated carbocycles. The average Bonchev–Trinajstić information content (AvgIpc) is 3.51. The molecule has 2 aromatic carbocycles. The van der Waals surface area contributed by atoms with Gasteiger partial charge in [-0.25, -0.2) is 9.97 Å². The number of rotatable bonds is 7. The Morgan fingerprint density at radius 3 is 2.41 bits per heavy atom. The summed E-state index contributed by atoms with van der Waals surface area (Å²) < 4.78 is 5.73. The van der Waals surface area contributed by atoms with Gasteiger partial charge in [0.25, 0.3) is 0 Å². The highest BCUT2D eigenvalue weighted by molar-refractivity contribution is 7.21. The third-order valence-electron chi connectivity index (χ3n) is 6.16. The summed E-state index contributed by atoms with van der Waals surface area (Å²) in [5.41, 5.74) is 6.40. The second-order valence-corrected chi connectivity index (χ2v) is 9.55. The quantitative estimate of drug-likeness (QED) is 0.427. The fourth-order valence-electron chi connectivity index (χ4n) is 4.32. The highest BCUT2D eigenvalue weighted by atomic mass is 32.1. The molecule has 2 heterocycles. The van der Waals surface area contributed by atoms with Crippen molar-refractivity contribution in [2.24, 2.45) is 0 Å². The van der Waals surface area contributed by atoms with E-state index in [1.807, 2.05) is 13.8 Å². The summed E-state index contributed by atoms with van der Waals surface area (Å²) in [6.45, 7) is 3.71. The number of aliphatic hydroxyl groups excluding tert-OH is 2. The zero-order valence-corrected chi connectivity index (χ0v) is 19.0. The molecule has 0 amide bonds. The minimum atomic E-state index is -0.886. The Kier molecular flexibility index (Phi) is 5.45. The van der Waals surface area contributed by atoms with E-state index in [9.17, 15) is 5.11 Å². The van der Waals surface area contributed by atoms with Gasteiger partial charge < -0.3 is 14.9 Å². The normalized spacial score (nSPS) is 15.6. The van der Waals surface area contributed by atoms with Gasteiger partial charge in [-0.15, -0.1) is 0 Å². The van der Waals surface area contributed by atoms with Crippen LogP contribution in [0.15, 0.2) is 54.6 Å². The van der Waals surface area contributed by atoms with Crippen LogP contribution in [0.1, 0.15) is 35.2 Å². The zero-order valence-electron chi connectivity index (χ0n) is 18.2. The van der Waals surface area contributed by atoms with Gasteiger partial charge in [-0.2, -0.15) is 0 Å². The molecule has 1 fully saturated rings. The second kappa shape index (κ2) is 8.28. The van der Waals surface area contributed by atoms with Crippen molar-refractivity contribution in [1.82, 2.24) is 9.97 Å². The molecular formula is C26H26N2O3S. The Bertz CT molecular complexity index is 1240. The van der Waals surface area contributed by atoms with Gasteiger partial charge >= 0.3 is 0 Å². The minimum Gasteiger partial charge on any atom is -0.490 e. The van der Waals surface area contributed by atoms with Crippen molar-refractivity contribution in [2.45, 2.75) is 38.2 Å². The number of hydrogen-bond acceptors (Lipinski definition) is 6. The molecule has 1 aliphatic carbocycles. The molecule has 1 aliphatic rings. The summed E-state index contributed by atoms with van der Waals surface area (Å²) >= 11 is 1.61. The summed E-state index contributed by atoms with van der Waals surface area (Å²) in [5, 5.41) is 19.5. The third kappa shape index (κ3) is 3.79. The maximum atomic E-state index is 9.58. The van der Waals surface area contributed by atoms with Crippen molar-refractivity contribution < 1.29 is 14.9 Å². The summed E-state index contributed by atoms with van der Waals surface area (Å²) in [4.78, 5) is 10.8. The Balaban J connectivity index is 1.46. The van der Waals surface area contributed by atoms with Crippen LogP contribution in [0.4, 0.5) is 0 Å². The van der Waals surface area contributed by atoms with E-state index < -0.39 is 6.10 Å². The molecule has 2 aromatic heterocycles. The van der Waals surface area contributed by atoms with Gasteiger partial charge in [-0.05, 0) is 67.6 Å². The first-order valence-electron chi connectivity index (χ1n) is 10.9. The van der Waals surface area contributed by atoms with Gasteiger partial charge in [0.2, 0.25) is 0 Å². The zero-order chi connectivity index (χ0) is 22.3. The molecule has 6 heteroatoms. The van der Waals surface area contributed by atoms with Crippen LogP contribution in [0.5, 0.6) is 5.75 Å². The van der Waals surface area contributed by atoms with Gasteiger partial charge in [-0.3, -0.25) is 0 Å². The number of fused-ring (bicyclic) bond motifs is 1. The van der Waals surface area contributed by atoms with Crippen LogP contribution in [0.2, 0.25) is 0 Å². The molecule has 5 rings (SSSR count). The number of pyridine rings is 1. The van der Waals surface area contributed by atoms with Crippen molar-refractivity contribution in [2.75, 3.05) is 13.2 Å². The Labute approximate surface area is 191 Å². The van der Waals surface area contributed by atoms with Crippen LogP contribution in [-0.2, 0) is 5.41 Å². The summed E-state index contributed by atoms with van der Waals surface area (Å²) in [7, 11) is 0. The molecule has 0 bridgehead atoms. The molecular weight excluding hydrogens is 420 g/mol. The maximum Gasteiger partial charge on any atom is 0.144 e. The number of nitrogens with zero attached hydrogens (tertiary/aromatic N) is 2. The van der Waals surface area contributed by atoms with E-state index in [-0.39, 0.29) is 18.6 Å². The fourth-order valence-corrected chi connectivity index (χ4v) is 5.24. The molecule has 164 valence electrons. The van der Waals surface area contributed by atoms with Gasteiger partial charge in [0, 0.05) is 11.0 Å². The lowest BCUT2D eigenvalue weighted by molar-refractivity contribution is 0.0532. The van der Waals surface area contributed by atoms with Gasteiger partial charge in [0.1, 0.15) is 33.8 Å². The summed E-state index contributed by atoms with van der Waals surface area (Å²) in [6, 6.07) is 19.0. The predicted octanol–water partition coefficient (Wildman–Crippen LogP) is 4.79. The molecule has 0 saturated heterocycles. The number of ether oxygens (including phenoxy) is 1. The van der Waals surface area contributed by atoms with Crippen LogP contribution in [0.3, 0.4) is 0 Å². The number of aliphatic hydroxyl groups is 2. The van der Waals surface area contributed by atoms with E-state index in [1.165, 1.54) is 5.56 Å². The topological polar surface area (TPSA) is 75.5 Å². The van der Waals surface area contributed by atoms with Gasteiger partial charge in [0.05, 0.1) is 12.3 Å². The third-order valence-corrected chi connectivity index (χ3v) is 7.17. The number of hydrogen-bond donors (Lipinski definition) is 2. The standard InChI is InChI=1S/C26H26N2O3S/c1-16-12-18(13-17(2)23(16)31-15-20(30)14-29)24-27-21-8-9-22(28-25(21)32-24)26(10-11-26)19-6-4-3-5-7-19/h3-9,12-13,20,29-30H,10-11,14-15H2,1-2H3/t20-/m1/s1. The van der Waals surface area contributed by atoms with Crippen LogP contribution in [0.25, 0.3) is 20.9 Å². The fraction of sp³-hybridized carbons (Fsp3) is 0.308. The van der Waals surface area contributed by atoms with Crippen LogP contribution in [-0.4, -0.2) is 39.5 Å². The van der Waals surface area contributed by atoms with E-state index in [0.717, 1.165) is 56.3 Å². The van der Waals surface area contributed by atoms with E-state index in [4.69, 9.17) is 19.8 Å². The predicted molar refractivity (Wildman–Crippen MR) is 127 cm³/mol. The largest absolute Gasteiger partial charge is 0.490 e. The molecule has 1 atom stereocenters. The first-order valence-corrected chi connectivity index (χ1v) is 11.7. The number of aryl methyl sites for hydroxylation is 2. The van der Waals surface area contributed by atoms with Crippen molar-refractivity contribution in [1.29, 1.82) is 0 Å². The van der Waals surface area contributed by atoms with Crippen molar-refractivity contribution in [3.05, 3.63) is 77.0 Å². The van der Waals surface area contributed by atoms with Gasteiger partial charge in [0.15, 0.2) is 0 Å². The second-order valence-electron chi connectivity index (χ2n) is 8.57. The average molecular weight is 447 g/mol. The number of benzene rings is 2. The molecule has 4 aromatic rings. The molecule has 0 aliphatic heterocycles. The molecule has 2 N–H and O–H groups in total. The van der Waals surface area contributed by atoms with E-state index in [0.29, 0.717) is 0 Å². The van der Waals surface area contributed by atoms with Crippen molar-refractivity contribution in [3.63, 3.8) is 0 Å². The van der Waals surface area contributed by atoms with Crippen LogP contribution in [0, 0.1) is 13.8 Å². The molecule has 5 nitrogen and oxygen atoms in total. The Morgan fingerprint density at radius 2 is 1.75 bits per heavy atom. The lowest BCUT2D eigenvalue weighted by Crippen LogP contribution is -2.21. The van der Waals surface area contributed by atoms with E-state index in [1.54, 1.807) is 11.3 Å². The highest BCUT2D eigenvalue weighted by Gasteiger charge is 2.47. The van der Waals surface area contributed by atoms with E-state index >= 15 is 0 Å². The van der Waals surface area contributed by atoms with Crippen molar-refractivity contribution in [3.8, 4) is 16.3 Å². The molecule has 0 radical (unpaired) electrons.